The summed E-state index contributed by atoms with van der Waals surface area (Å²) in [5.41, 5.74) is 2.17. The molecule has 0 aliphatic carbocycles. The Balaban J connectivity index is 0.00000288. The quantitative estimate of drug-likeness (QED) is 0.299. The van der Waals surface area contributed by atoms with Gasteiger partial charge >= 0.3 is 0 Å². The molecule has 130 valence electrons. The van der Waals surface area contributed by atoms with Gasteiger partial charge in [0.25, 0.3) is 5.89 Å². The number of halogens is 1. The third-order valence-corrected chi connectivity index (χ3v) is 3.33. The molecule has 0 atom stereocenters. The summed E-state index contributed by atoms with van der Waals surface area (Å²) in [5.74, 6) is 2.08. The van der Waals surface area contributed by atoms with Crippen LogP contribution in [0.2, 0.25) is 0 Å². The van der Waals surface area contributed by atoms with Crippen molar-refractivity contribution in [1.82, 2.24) is 20.8 Å². The highest BCUT2D eigenvalue weighted by atomic mass is 127. The van der Waals surface area contributed by atoms with E-state index in [-0.39, 0.29) is 24.0 Å². The van der Waals surface area contributed by atoms with Crippen LogP contribution in [-0.2, 0) is 12.8 Å². The Hall–Kier alpha value is -1.90. The summed E-state index contributed by atoms with van der Waals surface area (Å²) in [6.07, 6.45) is 3.47. The van der Waals surface area contributed by atoms with Gasteiger partial charge in [0, 0.05) is 32.1 Å². The van der Waals surface area contributed by atoms with Crippen molar-refractivity contribution < 1.29 is 4.52 Å². The molecule has 0 saturated carbocycles. The number of nitrogens with zero attached hydrogens (tertiary/aromatic N) is 3. The fraction of sp³-hybridized carbons (Fsp3) is 0.353. The van der Waals surface area contributed by atoms with Crippen molar-refractivity contribution in [3.05, 3.63) is 48.3 Å². The molecule has 0 radical (unpaired) electrons. The minimum absolute atomic E-state index is 0. The summed E-state index contributed by atoms with van der Waals surface area (Å²) in [6, 6.07) is 8.17. The Bertz CT molecular complexity index is 651. The fourth-order valence-corrected chi connectivity index (χ4v) is 2.04. The zero-order chi connectivity index (χ0) is 16.5. The van der Waals surface area contributed by atoms with Gasteiger partial charge < -0.3 is 15.2 Å². The van der Waals surface area contributed by atoms with Gasteiger partial charge in [-0.3, -0.25) is 4.99 Å². The molecular weight excluding hydrogens is 417 g/mol. The van der Waals surface area contributed by atoms with E-state index < -0.39 is 0 Å². The normalized spacial score (nSPS) is 10.8. The lowest BCUT2D eigenvalue weighted by Crippen LogP contribution is -2.38. The van der Waals surface area contributed by atoms with Gasteiger partial charge in [-0.15, -0.1) is 30.6 Å². The number of guanidine groups is 1. The molecule has 2 N–H and O–H groups in total. The minimum atomic E-state index is 0. The smallest absolute Gasteiger partial charge is 0.257 e. The van der Waals surface area contributed by atoms with E-state index in [1.54, 1.807) is 13.1 Å². The maximum atomic E-state index is 5.24. The fourth-order valence-electron chi connectivity index (χ4n) is 2.04. The monoisotopic (exact) mass is 441 g/mol. The SMILES string of the molecule is C=CCNC(=NC)NCCc1ccc(-c2nc(CC)no2)cc1.I. The molecule has 0 aliphatic rings. The highest BCUT2D eigenvalue weighted by Crippen LogP contribution is 2.18. The van der Waals surface area contributed by atoms with E-state index in [0.29, 0.717) is 12.4 Å². The van der Waals surface area contributed by atoms with Crippen LogP contribution in [0.4, 0.5) is 0 Å². The molecule has 1 aromatic carbocycles. The number of aromatic nitrogens is 2. The average molecular weight is 441 g/mol. The molecule has 0 fully saturated rings. The average Bonchev–Trinajstić information content (AvgIpc) is 3.07. The van der Waals surface area contributed by atoms with Gasteiger partial charge in [-0.1, -0.05) is 30.3 Å². The highest BCUT2D eigenvalue weighted by Gasteiger charge is 2.07. The van der Waals surface area contributed by atoms with Crippen LogP contribution in [0.5, 0.6) is 0 Å². The minimum Gasteiger partial charge on any atom is -0.356 e. The van der Waals surface area contributed by atoms with Crippen LogP contribution in [0.3, 0.4) is 0 Å². The predicted molar refractivity (Wildman–Crippen MR) is 108 cm³/mol. The predicted octanol–water partition coefficient (Wildman–Crippen LogP) is 2.81. The number of aryl methyl sites for hydroxylation is 1. The van der Waals surface area contributed by atoms with E-state index in [4.69, 9.17) is 4.52 Å². The van der Waals surface area contributed by atoms with Crippen molar-refractivity contribution in [2.24, 2.45) is 4.99 Å². The maximum absolute atomic E-state index is 5.24. The molecular formula is C17H24IN5O. The van der Waals surface area contributed by atoms with Gasteiger partial charge in [-0.25, -0.2) is 0 Å². The van der Waals surface area contributed by atoms with Crippen LogP contribution < -0.4 is 10.6 Å². The molecule has 0 amide bonds. The molecule has 1 heterocycles. The summed E-state index contributed by atoms with van der Waals surface area (Å²) in [6.45, 7) is 7.17. The summed E-state index contributed by atoms with van der Waals surface area (Å²) < 4.78 is 5.24. The summed E-state index contributed by atoms with van der Waals surface area (Å²) in [7, 11) is 1.75. The van der Waals surface area contributed by atoms with E-state index >= 15 is 0 Å². The van der Waals surface area contributed by atoms with Gasteiger partial charge in [0.1, 0.15) is 0 Å². The molecule has 2 rings (SSSR count). The summed E-state index contributed by atoms with van der Waals surface area (Å²) in [5, 5.41) is 10.3. The van der Waals surface area contributed by atoms with Crippen molar-refractivity contribution in [1.29, 1.82) is 0 Å². The van der Waals surface area contributed by atoms with Gasteiger partial charge in [-0.05, 0) is 24.1 Å². The topological polar surface area (TPSA) is 75.3 Å². The van der Waals surface area contributed by atoms with E-state index in [0.717, 1.165) is 36.7 Å². The molecule has 0 bridgehead atoms. The summed E-state index contributed by atoms with van der Waals surface area (Å²) >= 11 is 0. The second-order valence-electron chi connectivity index (χ2n) is 4.98. The highest BCUT2D eigenvalue weighted by molar-refractivity contribution is 14.0. The van der Waals surface area contributed by atoms with Crippen molar-refractivity contribution >= 4 is 29.9 Å². The number of benzene rings is 1. The molecule has 0 unspecified atom stereocenters. The molecule has 6 nitrogen and oxygen atoms in total. The first kappa shape index (κ1) is 20.1. The van der Waals surface area contributed by atoms with Gasteiger partial charge in [0.15, 0.2) is 11.8 Å². The van der Waals surface area contributed by atoms with Crippen LogP contribution in [0.15, 0.2) is 46.4 Å². The molecule has 0 spiro atoms. The molecule has 2 aromatic rings. The number of hydrogen-bond acceptors (Lipinski definition) is 4. The van der Waals surface area contributed by atoms with Crippen LogP contribution in [-0.4, -0.2) is 36.2 Å². The molecule has 1 aromatic heterocycles. The largest absolute Gasteiger partial charge is 0.356 e. The number of rotatable bonds is 7. The Kier molecular flexibility index (Phi) is 9.06. The third-order valence-electron chi connectivity index (χ3n) is 3.33. The Morgan fingerprint density at radius 1 is 1.29 bits per heavy atom. The number of nitrogens with one attached hydrogen (secondary N) is 2. The second-order valence-corrected chi connectivity index (χ2v) is 4.98. The third kappa shape index (κ3) is 5.95. The summed E-state index contributed by atoms with van der Waals surface area (Å²) in [4.78, 5) is 8.47. The van der Waals surface area contributed by atoms with Crippen LogP contribution in [0, 0.1) is 0 Å². The standard InChI is InChI=1S/C17H23N5O.HI/c1-4-11-19-17(18-3)20-12-10-13-6-8-14(9-7-13)16-21-15(5-2)22-23-16;/h4,6-9H,1,5,10-12H2,2-3H3,(H2,18,19,20);1H. The van der Waals surface area contributed by atoms with E-state index in [1.165, 1.54) is 5.56 Å². The van der Waals surface area contributed by atoms with Crippen LogP contribution in [0.25, 0.3) is 11.5 Å². The number of hydrogen-bond donors (Lipinski definition) is 2. The zero-order valence-electron chi connectivity index (χ0n) is 14.1. The first-order valence-electron chi connectivity index (χ1n) is 7.74. The van der Waals surface area contributed by atoms with Crippen molar-refractivity contribution in [3.63, 3.8) is 0 Å². The first-order valence-corrected chi connectivity index (χ1v) is 7.74. The second kappa shape index (κ2) is 10.8. The van der Waals surface area contributed by atoms with Crippen LogP contribution in [0.1, 0.15) is 18.3 Å². The Morgan fingerprint density at radius 2 is 2.04 bits per heavy atom. The van der Waals surface area contributed by atoms with E-state index in [9.17, 15) is 0 Å². The molecule has 7 heteroatoms. The molecule has 0 saturated heterocycles. The van der Waals surface area contributed by atoms with Crippen molar-refractivity contribution in [3.8, 4) is 11.5 Å². The van der Waals surface area contributed by atoms with E-state index in [1.807, 2.05) is 19.1 Å². The first-order chi connectivity index (χ1) is 11.3. The molecule has 24 heavy (non-hydrogen) atoms. The van der Waals surface area contributed by atoms with Crippen LogP contribution >= 0.6 is 24.0 Å². The zero-order valence-corrected chi connectivity index (χ0v) is 16.4. The maximum Gasteiger partial charge on any atom is 0.257 e. The van der Waals surface area contributed by atoms with Crippen molar-refractivity contribution in [2.45, 2.75) is 19.8 Å². The Morgan fingerprint density at radius 3 is 2.62 bits per heavy atom. The molecule has 0 aliphatic heterocycles. The number of aliphatic imine (C=N–C) groups is 1. The lowest BCUT2D eigenvalue weighted by molar-refractivity contribution is 0.423. The van der Waals surface area contributed by atoms with Gasteiger partial charge in [0.05, 0.1) is 0 Å². The van der Waals surface area contributed by atoms with Crippen molar-refractivity contribution in [2.75, 3.05) is 20.1 Å². The lowest BCUT2D eigenvalue weighted by atomic mass is 10.1. The van der Waals surface area contributed by atoms with Gasteiger partial charge in [-0.2, -0.15) is 4.98 Å². The Labute approximate surface area is 159 Å². The van der Waals surface area contributed by atoms with Gasteiger partial charge in [0.2, 0.25) is 0 Å². The van der Waals surface area contributed by atoms with E-state index in [2.05, 4.69) is 44.5 Å². The lowest BCUT2D eigenvalue weighted by Gasteiger charge is -2.10.